The van der Waals surface area contributed by atoms with Crippen LogP contribution in [0.1, 0.15) is 17.7 Å². The highest BCUT2D eigenvalue weighted by molar-refractivity contribution is 7.13. The average molecular weight is 361 g/mol. The molecule has 130 valence electrons. The van der Waals surface area contributed by atoms with Crippen LogP contribution in [0.4, 0.5) is 10.6 Å². The van der Waals surface area contributed by atoms with E-state index in [0.29, 0.717) is 36.4 Å². The lowest BCUT2D eigenvalue weighted by molar-refractivity contribution is 0.00346. The third-order valence-electron chi connectivity index (χ3n) is 3.72. The number of hydrogen-bond acceptors (Lipinski definition) is 8. The van der Waals surface area contributed by atoms with Crippen molar-refractivity contribution < 1.29 is 18.6 Å². The molecule has 3 aromatic rings. The maximum absolute atomic E-state index is 12.6. The Labute approximate surface area is 146 Å². The molecule has 1 fully saturated rings. The van der Waals surface area contributed by atoms with Crippen LogP contribution in [-0.4, -0.2) is 46.0 Å². The van der Waals surface area contributed by atoms with E-state index in [4.69, 9.17) is 13.8 Å². The summed E-state index contributed by atoms with van der Waals surface area (Å²) in [5, 5.41) is 12.4. The van der Waals surface area contributed by atoms with Crippen molar-refractivity contribution in [2.75, 3.05) is 25.1 Å². The van der Waals surface area contributed by atoms with Crippen molar-refractivity contribution in [3.8, 4) is 10.7 Å². The van der Waals surface area contributed by atoms with E-state index in [9.17, 15) is 4.79 Å². The zero-order valence-electron chi connectivity index (χ0n) is 13.3. The number of aromatic nitrogens is 3. The summed E-state index contributed by atoms with van der Waals surface area (Å²) in [6, 6.07) is 4.70. The highest BCUT2D eigenvalue weighted by atomic mass is 32.1. The number of hydrogen-bond donors (Lipinski definition) is 1. The first-order chi connectivity index (χ1) is 12.2. The number of amides is 2. The van der Waals surface area contributed by atoms with Crippen molar-refractivity contribution in [3.05, 3.63) is 35.2 Å². The van der Waals surface area contributed by atoms with Gasteiger partial charge in [-0.05, 0) is 18.4 Å². The fourth-order valence-corrected chi connectivity index (χ4v) is 3.18. The first-order valence-electron chi connectivity index (χ1n) is 7.67. The molecule has 0 radical (unpaired) electrons. The summed E-state index contributed by atoms with van der Waals surface area (Å²) in [6.07, 6.45) is 0. The summed E-state index contributed by atoms with van der Waals surface area (Å²) in [6.45, 7) is 2.89. The van der Waals surface area contributed by atoms with Gasteiger partial charge in [0.25, 0.3) is 5.89 Å². The van der Waals surface area contributed by atoms with Crippen LogP contribution >= 0.6 is 11.3 Å². The second kappa shape index (κ2) is 6.65. The molecule has 1 unspecified atom stereocenters. The number of ether oxygens (including phenoxy) is 1. The Morgan fingerprint density at radius 1 is 1.40 bits per heavy atom. The number of nitrogens with zero attached hydrogens (tertiary/aromatic N) is 4. The minimum Gasteiger partial charge on any atom is -0.377 e. The molecular formula is C15H15N5O4S. The first-order valence-corrected chi connectivity index (χ1v) is 8.55. The predicted molar refractivity (Wildman–Crippen MR) is 88.1 cm³/mol. The van der Waals surface area contributed by atoms with Gasteiger partial charge in [0.2, 0.25) is 5.82 Å². The zero-order chi connectivity index (χ0) is 17.2. The topological polar surface area (TPSA) is 107 Å². The fourth-order valence-electron chi connectivity index (χ4n) is 2.53. The lowest BCUT2D eigenvalue weighted by Gasteiger charge is -2.32. The van der Waals surface area contributed by atoms with Crippen LogP contribution in [0.2, 0.25) is 0 Å². The van der Waals surface area contributed by atoms with E-state index in [2.05, 4.69) is 20.6 Å². The smallest absolute Gasteiger partial charge is 0.323 e. The maximum Gasteiger partial charge on any atom is 0.323 e. The van der Waals surface area contributed by atoms with Crippen LogP contribution in [0.3, 0.4) is 0 Å². The standard InChI is InChI=1S/C15H15N5O4S/c1-9-7-12(18-23-9)16-15(21)20-4-5-22-8-10(20)14-17-13(19-24-14)11-3-2-6-25-11/h2-3,6-7,10H,4-5,8H2,1H3,(H,16,18,21). The molecular weight excluding hydrogens is 346 g/mol. The SMILES string of the molecule is Cc1cc(NC(=O)N2CCOCC2c2nc(-c3cccs3)no2)no1. The Morgan fingerprint density at radius 2 is 2.32 bits per heavy atom. The molecule has 25 heavy (non-hydrogen) atoms. The lowest BCUT2D eigenvalue weighted by Crippen LogP contribution is -2.45. The Bertz CT molecular complexity index is 859. The van der Waals surface area contributed by atoms with E-state index in [0.717, 1.165) is 4.88 Å². The van der Waals surface area contributed by atoms with Crippen molar-refractivity contribution in [2.24, 2.45) is 0 Å². The number of aryl methyl sites for hydroxylation is 1. The summed E-state index contributed by atoms with van der Waals surface area (Å²) in [5.74, 6) is 1.82. The largest absolute Gasteiger partial charge is 0.377 e. The van der Waals surface area contributed by atoms with Gasteiger partial charge in [0.05, 0.1) is 18.1 Å². The van der Waals surface area contributed by atoms with Crippen molar-refractivity contribution in [3.63, 3.8) is 0 Å². The Morgan fingerprint density at radius 3 is 3.08 bits per heavy atom. The monoisotopic (exact) mass is 361 g/mol. The number of thiophene rings is 1. The van der Waals surface area contributed by atoms with E-state index in [1.165, 1.54) is 11.3 Å². The van der Waals surface area contributed by atoms with Crippen LogP contribution in [0, 0.1) is 6.92 Å². The van der Waals surface area contributed by atoms with Crippen LogP contribution in [0.25, 0.3) is 10.7 Å². The number of urea groups is 1. The molecule has 2 amide bonds. The Hall–Kier alpha value is -2.72. The summed E-state index contributed by atoms with van der Waals surface area (Å²) in [7, 11) is 0. The third-order valence-corrected chi connectivity index (χ3v) is 4.59. The van der Waals surface area contributed by atoms with Crippen LogP contribution < -0.4 is 5.32 Å². The molecule has 0 spiro atoms. The molecule has 1 aliphatic rings. The van der Waals surface area contributed by atoms with E-state index < -0.39 is 6.04 Å². The summed E-state index contributed by atoms with van der Waals surface area (Å²) >= 11 is 1.52. The molecule has 10 heteroatoms. The molecule has 1 atom stereocenters. The molecule has 0 aromatic carbocycles. The van der Waals surface area contributed by atoms with Crippen molar-refractivity contribution in [1.82, 2.24) is 20.2 Å². The van der Waals surface area contributed by atoms with Crippen molar-refractivity contribution >= 4 is 23.2 Å². The minimum absolute atomic E-state index is 0.289. The maximum atomic E-state index is 12.6. The normalized spacial score (nSPS) is 17.6. The molecule has 1 aliphatic heterocycles. The first kappa shape index (κ1) is 15.8. The molecule has 0 bridgehead atoms. The average Bonchev–Trinajstić information content (AvgIpc) is 3.36. The van der Waals surface area contributed by atoms with Gasteiger partial charge >= 0.3 is 6.03 Å². The van der Waals surface area contributed by atoms with Gasteiger partial charge in [0.1, 0.15) is 11.8 Å². The van der Waals surface area contributed by atoms with Crippen LogP contribution in [0.15, 0.2) is 32.6 Å². The Balaban J connectivity index is 1.53. The number of anilines is 1. The molecule has 1 saturated heterocycles. The molecule has 3 aromatic heterocycles. The van der Waals surface area contributed by atoms with Crippen molar-refractivity contribution in [2.45, 2.75) is 13.0 Å². The second-order valence-electron chi connectivity index (χ2n) is 5.47. The Kier molecular flexibility index (Phi) is 4.20. The highest BCUT2D eigenvalue weighted by Gasteiger charge is 2.33. The number of carbonyl (C=O) groups is 1. The molecule has 0 aliphatic carbocycles. The number of rotatable bonds is 3. The third kappa shape index (κ3) is 3.26. The molecule has 4 rings (SSSR count). The number of morpholine rings is 1. The van der Waals surface area contributed by atoms with E-state index in [1.54, 1.807) is 17.9 Å². The van der Waals surface area contributed by atoms with Gasteiger partial charge < -0.3 is 18.7 Å². The quantitative estimate of drug-likeness (QED) is 0.764. The molecule has 9 nitrogen and oxygen atoms in total. The predicted octanol–water partition coefficient (Wildman–Crippen LogP) is 2.70. The zero-order valence-corrected chi connectivity index (χ0v) is 14.2. The van der Waals surface area contributed by atoms with E-state index in [1.807, 2.05) is 17.5 Å². The van der Waals surface area contributed by atoms with Crippen molar-refractivity contribution in [1.29, 1.82) is 0 Å². The number of nitrogens with one attached hydrogen (secondary N) is 1. The second-order valence-corrected chi connectivity index (χ2v) is 6.42. The van der Waals surface area contributed by atoms with E-state index in [-0.39, 0.29) is 12.6 Å². The molecule has 0 saturated carbocycles. The fraction of sp³-hybridized carbons (Fsp3) is 0.333. The molecule has 4 heterocycles. The van der Waals surface area contributed by atoms with Gasteiger partial charge in [-0.25, -0.2) is 4.79 Å². The van der Waals surface area contributed by atoms with Gasteiger partial charge in [-0.1, -0.05) is 16.4 Å². The van der Waals surface area contributed by atoms with Gasteiger partial charge in [0, 0.05) is 12.6 Å². The summed E-state index contributed by atoms with van der Waals surface area (Å²) in [4.78, 5) is 19.5. The minimum atomic E-state index is -0.456. The van der Waals surface area contributed by atoms with Crippen LogP contribution in [0.5, 0.6) is 0 Å². The van der Waals surface area contributed by atoms with Gasteiger partial charge in [0.15, 0.2) is 5.82 Å². The van der Waals surface area contributed by atoms with E-state index >= 15 is 0 Å². The molecule has 1 N–H and O–H groups in total. The summed E-state index contributed by atoms with van der Waals surface area (Å²) in [5.41, 5.74) is 0. The highest BCUT2D eigenvalue weighted by Crippen LogP contribution is 2.27. The number of carbonyl (C=O) groups excluding carboxylic acids is 1. The van der Waals surface area contributed by atoms with Gasteiger partial charge in [-0.15, -0.1) is 11.3 Å². The van der Waals surface area contributed by atoms with Gasteiger partial charge in [-0.2, -0.15) is 4.98 Å². The summed E-state index contributed by atoms with van der Waals surface area (Å²) < 4.78 is 15.8. The van der Waals surface area contributed by atoms with Gasteiger partial charge in [-0.3, -0.25) is 5.32 Å². The van der Waals surface area contributed by atoms with Crippen LogP contribution in [-0.2, 0) is 4.74 Å². The lowest BCUT2D eigenvalue weighted by atomic mass is 10.2.